The highest BCUT2D eigenvalue weighted by atomic mass is 16.6. The van der Waals surface area contributed by atoms with E-state index in [1.807, 2.05) is 51.1 Å². The number of likely N-dealkylation sites (tertiary alicyclic amines) is 1. The summed E-state index contributed by atoms with van der Waals surface area (Å²) < 4.78 is 10.8. The summed E-state index contributed by atoms with van der Waals surface area (Å²) in [5.74, 6) is 0.0396. The molecule has 3 heterocycles. The third kappa shape index (κ3) is 6.38. The van der Waals surface area contributed by atoms with Gasteiger partial charge in [-0.15, -0.1) is 0 Å². The summed E-state index contributed by atoms with van der Waals surface area (Å²) in [6.07, 6.45) is 6.45. The molecule has 1 aliphatic heterocycles. The summed E-state index contributed by atoms with van der Waals surface area (Å²) in [6, 6.07) is 9.89. The second-order valence-electron chi connectivity index (χ2n) is 9.68. The molecule has 1 fully saturated rings. The molecule has 184 valence electrons. The van der Waals surface area contributed by atoms with Gasteiger partial charge in [-0.2, -0.15) is 0 Å². The number of rotatable bonds is 6. The van der Waals surface area contributed by atoms with Gasteiger partial charge in [-0.1, -0.05) is 12.1 Å². The van der Waals surface area contributed by atoms with Crippen LogP contribution < -0.4 is 11.1 Å². The zero-order valence-corrected chi connectivity index (χ0v) is 20.3. The van der Waals surface area contributed by atoms with Crippen molar-refractivity contribution in [1.82, 2.24) is 14.9 Å². The van der Waals surface area contributed by atoms with Gasteiger partial charge in [0.2, 0.25) is 5.89 Å². The summed E-state index contributed by atoms with van der Waals surface area (Å²) >= 11 is 0. The molecule has 35 heavy (non-hydrogen) atoms. The Morgan fingerprint density at radius 3 is 2.49 bits per heavy atom. The molecule has 9 heteroatoms. The maximum Gasteiger partial charge on any atom is 0.410 e. The molecule has 3 N–H and O–H groups in total. The molecule has 0 saturated carbocycles. The van der Waals surface area contributed by atoms with Crippen molar-refractivity contribution in [3.8, 4) is 11.5 Å². The van der Waals surface area contributed by atoms with Gasteiger partial charge in [0.15, 0.2) is 0 Å². The first kappa shape index (κ1) is 24.3. The van der Waals surface area contributed by atoms with Crippen molar-refractivity contribution in [2.75, 3.05) is 18.4 Å². The number of carbonyl (C=O) groups excluding carboxylic acids is 2. The van der Waals surface area contributed by atoms with E-state index in [2.05, 4.69) is 15.3 Å². The maximum atomic E-state index is 12.3. The lowest BCUT2D eigenvalue weighted by molar-refractivity contribution is 0.0210. The highest BCUT2D eigenvalue weighted by Crippen LogP contribution is 2.24. The summed E-state index contributed by atoms with van der Waals surface area (Å²) in [5, 5.41) is 3.45. The van der Waals surface area contributed by atoms with E-state index >= 15 is 0 Å². The second-order valence-corrected chi connectivity index (χ2v) is 9.68. The van der Waals surface area contributed by atoms with E-state index in [9.17, 15) is 9.59 Å². The predicted octanol–water partition coefficient (Wildman–Crippen LogP) is 4.24. The molecule has 3 aromatic rings. The molecule has 4 rings (SSSR count). The third-order valence-corrected chi connectivity index (χ3v) is 5.75. The normalized spacial score (nSPS) is 14.5. The lowest BCUT2D eigenvalue weighted by Gasteiger charge is -2.34. The van der Waals surface area contributed by atoms with Gasteiger partial charge in [-0.3, -0.25) is 9.78 Å². The fraction of sp³-hybridized carbons (Fsp3) is 0.385. The number of anilines is 1. The van der Waals surface area contributed by atoms with E-state index in [-0.39, 0.29) is 12.1 Å². The Labute approximate surface area is 204 Å². The van der Waals surface area contributed by atoms with Crippen molar-refractivity contribution in [3.05, 3.63) is 65.8 Å². The number of primary amides is 1. The molecule has 0 radical (unpaired) electrons. The lowest BCUT2D eigenvalue weighted by Crippen LogP contribution is -2.44. The molecule has 0 spiro atoms. The highest BCUT2D eigenvalue weighted by Gasteiger charge is 2.27. The number of carbonyl (C=O) groups is 2. The molecular formula is C26H31N5O4. The zero-order valence-electron chi connectivity index (χ0n) is 20.3. The quantitative estimate of drug-likeness (QED) is 0.544. The van der Waals surface area contributed by atoms with Gasteiger partial charge in [0.1, 0.15) is 11.9 Å². The van der Waals surface area contributed by atoms with Crippen LogP contribution in [0, 0.1) is 0 Å². The second kappa shape index (κ2) is 10.2. The molecule has 2 amide bonds. The van der Waals surface area contributed by atoms with Crippen molar-refractivity contribution < 1.29 is 18.7 Å². The number of nitrogens with one attached hydrogen (secondary N) is 1. The van der Waals surface area contributed by atoms with Crippen LogP contribution in [0.2, 0.25) is 0 Å². The van der Waals surface area contributed by atoms with Crippen LogP contribution in [-0.2, 0) is 11.2 Å². The zero-order chi connectivity index (χ0) is 25.0. The lowest BCUT2D eigenvalue weighted by atomic mass is 10.0. The average Bonchev–Trinajstić information content (AvgIpc) is 3.34. The van der Waals surface area contributed by atoms with Crippen LogP contribution in [0.5, 0.6) is 0 Å². The molecule has 0 bridgehead atoms. The first-order valence-electron chi connectivity index (χ1n) is 11.7. The van der Waals surface area contributed by atoms with Crippen LogP contribution in [0.3, 0.4) is 0 Å². The van der Waals surface area contributed by atoms with E-state index in [1.165, 1.54) is 6.20 Å². The number of hydrogen-bond acceptors (Lipinski definition) is 7. The van der Waals surface area contributed by atoms with E-state index in [4.69, 9.17) is 14.9 Å². The maximum absolute atomic E-state index is 12.3. The SMILES string of the molecule is CC(C)(C)OC(=O)N1CCC(Nc2cc(Cc3ccc(-c4ncco4)cc3)ncc2C(N)=O)CC1. The van der Waals surface area contributed by atoms with Gasteiger partial charge in [0, 0.05) is 43.0 Å². The summed E-state index contributed by atoms with van der Waals surface area (Å²) in [5.41, 5.74) is 8.87. The average molecular weight is 478 g/mol. The molecule has 0 aliphatic carbocycles. The molecule has 1 saturated heterocycles. The first-order chi connectivity index (χ1) is 16.7. The van der Waals surface area contributed by atoms with Gasteiger partial charge < -0.3 is 25.1 Å². The number of aromatic nitrogens is 2. The van der Waals surface area contributed by atoms with Crippen LogP contribution >= 0.6 is 0 Å². The minimum Gasteiger partial charge on any atom is -0.445 e. The fourth-order valence-corrected chi connectivity index (χ4v) is 4.00. The number of piperidine rings is 1. The van der Waals surface area contributed by atoms with Gasteiger partial charge >= 0.3 is 6.09 Å². The Bertz CT molecular complexity index is 1160. The number of oxazole rings is 1. The molecule has 1 aromatic carbocycles. The molecule has 0 unspecified atom stereocenters. The van der Waals surface area contributed by atoms with Crippen LogP contribution in [0.15, 0.2) is 53.4 Å². The minimum atomic E-state index is -0.534. The van der Waals surface area contributed by atoms with E-state index in [0.717, 1.165) is 29.7 Å². The molecule has 2 aromatic heterocycles. The van der Waals surface area contributed by atoms with Crippen LogP contribution in [0.1, 0.15) is 55.2 Å². The Balaban J connectivity index is 1.41. The number of nitrogens with zero attached hydrogens (tertiary/aromatic N) is 3. The van der Waals surface area contributed by atoms with E-state index in [1.54, 1.807) is 17.4 Å². The van der Waals surface area contributed by atoms with Gasteiger partial charge in [0.25, 0.3) is 5.91 Å². The molecule has 0 atom stereocenters. The van der Waals surface area contributed by atoms with Crippen LogP contribution in [0.25, 0.3) is 11.5 Å². The van der Waals surface area contributed by atoms with Crippen molar-refractivity contribution in [2.45, 2.75) is 51.7 Å². The van der Waals surface area contributed by atoms with Crippen LogP contribution in [-0.4, -0.2) is 51.6 Å². The Morgan fingerprint density at radius 1 is 1.17 bits per heavy atom. The number of hydrogen-bond donors (Lipinski definition) is 2. The molecule has 1 aliphatic rings. The van der Waals surface area contributed by atoms with Crippen LogP contribution in [0.4, 0.5) is 10.5 Å². The predicted molar refractivity (Wildman–Crippen MR) is 132 cm³/mol. The molecule has 9 nitrogen and oxygen atoms in total. The Hall–Kier alpha value is -3.88. The van der Waals surface area contributed by atoms with Crippen molar-refractivity contribution in [1.29, 1.82) is 0 Å². The molecular weight excluding hydrogens is 446 g/mol. The third-order valence-electron chi connectivity index (χ3n) is 5.75. The minimum absolute atomic E-state index is 0.0992. The summed E-state index contributed by atoms with van der Waals surface area (Å²) in [7, 11) is 0. The Kier molecular flexibility index (Phi) is 7.04. The van der Waals surface area contributed by atoms with Gasteiger partial charge in [-0.25, -0.2) is 9.78 Å². The van der Waals surface area contributed by atoms with Gasteiger partial charge in [-0.05, 0) is 57.4 Å². The number of nitrogens with two attached hydrogens (primary N) is 1. The van der Waals surface area contributed by atoms with Crippen molar-refractivity contribution >= 4 is 17.7 Å². The number of ether oxygens (including phenoxy) is 1. The summed E-state index contributed by atoms with van der Waals surface area (Å²) in [6.45, 7) is 6.73. The van der Waals surface area contributed by atoms with E-state index in [0.29, 0.717) is 36.7 Å². The van der Waals surface area contributed by atoms with Gasteiger partial charge in [0.05, 0.1) is 17.4 Å². The monoisotopic (exact) mass is 477 g/mol. The summed E-state index contributed by atoms with van der Waals surface area (Å²) in [4.78, 5) is 34.7. The Morgan fingerprint density at radius 2 is 1.89 bits per heavy atom. The standard InChI is InChI=1S/C26H31N5O4/c1-26(2,3)35-25(33)31-11-8-19(9-12-31)30-22-15-20(29-16-21(22)23(27)32)14-17-4-6-18(7-5-17)24-28-10-13-34-24/h4-7,10,13,15-16,19H,8-9,11-12,14H2,1-3H3,(H2,27,32)(H,29,30). The fourth-order valence-electron chi connectivity index (χ4n) is 4.00. The number of amides is 2. The number of pyridine rings is 1. The largest absolute Gasteiger partial charge is 0.445 e. The number of benzene rings is 1. The van der Waals surface area contributed by atoms with E-state index < -0.39 is 11.5 Å². The smallest absolute Gasteiger partial charge is 0.410 e. The highest BCUT2D eigenvalue weighted by molar-refractivity contribution is 5.98. The van der Waals surface area contributed by atoms with Crippen molar-refractivity contribution in [2.24, 2.45) is 5.73 Å². The first-order valence-corrected chi connectivity index (χ1v) is 11.7. The topological polar surface area (TPSA) is 124 Å². The van der Waals surface area contributed by atoms with Crippen molar-refractivity contribution in [3.63, 3.8) is 0 Å².